The molecule has 0 radical (unpaired) electrons. The topological polar surface area (TPSA) is 80.4 Å². The van der Waals surface area contributed by atoms with Gasteiger partial charge in [0.05, 0.1) is 37.6 Å². The van der Waals surface area contributed by atoms with E-state index in [2.05, 4.69) is 72.8 Å². The average molecular weight is 735 g/mol. The lowest BCUT2D eigenvalue weighted by Crippen LogP contribution is -2.24. The summed E-state index contributed by atoms with van der Waals surface area (Å²) >= 11 is 0. The number of unbranched alkanes of at least 4 members (excludes halogenated alkanes) is 3. The molecule has 8 unspecified atom stereocenters. The van der Waals surface area contributed by atoms with Gasteiger partial charge in [0.2, 0.25) is 0 Å². The smallest absolute Gasteiger partial charge is 0.196 e. The Kier molecular flexibility index (Phi) is 12.0. The van der Waals surface area contributed by atoms with Gasteiger partial charge in [-0.3, -0.25) is 0 Å². The van der Waals surface area contributed by atoms with Gasteiger partial charge in [-0.25, -0.2) is 0 Å². The first kappa shape index (κ1) is 36.9. The van der Waals surface area contributed by atoms with E-state index in [9.17, 15) is 0 Å². The maximum atomic E-state index is 6.20. The maximum absolute atomic E-state index is 6.20. The molecule has 8 atom stereocenters. The predicted octanol–water partition coefficient (Wildman–Crippen LogP) is 10.2. The van der Waals surface area contributed by atoms with Crippen LogP contribution >= 0.6 is 0 Å². The monoisotopic (exact) mass is 734 g/mol. The molecule has 4 aromatic rings. The van der Waals surface area contributed by atoms with Gasteiger partial charge in [-0.2, -0.15) is 0 Å². The first-order chi connectivity index (χ1) is 26.5. The number of fused-ring (bicyclic) bond motifs is 2. The van der Waals surface area contributed by atoms with Gasteiger partial charge >= 0.3 is 0 Å². The van der Waals surface area contributed by atoms with E-state index in [1.165, 1.54) is 0 Å². The highest BCUT2D eigenvalue weighted by Gasteiger charge is 2.45. The molecule has 0 aromatic heterocycles. The number of hydrogen-bond acceptors (Lipinski definition) is 8. The van der Waals surface area contributed by atoms with Gasteiger partial charge in [0.1, 0.15) is 35.2 Å². The quantitative estimate of drug-likeness (QED) is 0.0535. The predicted molar refractivity (Wildman–Crippen MR) is 208 cm³/mol. The normalized spacial score (nSPS) is 25.1. The number of rotatable bonds is 19. The average Bonchev–Trinajstić information content (AvgIpc) is 4.13. The van der Waals surface area contributed by atoms with Crippen LogP contribution in [0.4, 0.5) is 0 Å². The van der Waals surface area contributed by atoms with Crippen molar-refractivity contribution in [1.82, 2.24) is 0 Å². The van der Waals surface area contributed by atoms with Crippen LogP contribution in [-0.4, -0.2) is 62.4 Å². The molecule has 2 aliphatic heterocycles. The first-order valence-electron chi connectivity index (χ1n) is 20.1. The molecule has 0 bridgehead atoms. The highest BCUT2D eigenvalue weighted by Crippen LogP contribution is 2.39. The Morgan fingerprint density at radius 1 is 0.444 bits per heavy atom. The van der Waals surface area contributed by atoms with Gasteiger partial charge in [0, 0.05) is 12.8 Å². The summed E-state index contributed by atoms with van der Waals surface area (Å²) in [5.41, 5.74) is 4.57. The Bertz CT molecular complexity index is 1610. The van der Waals surface area contributed by atoms with Gasteiger partial charge in [-0.15, -0.1) is 0 Å². The first-order valence-corrected chi connectivity index (χ1v) is 20.1. The van der Waals surface area contributed by atoms with Crippen LogP contribution in [0.2, 0.25) is 0 Å². The molecule has 4 aliphatic rings. The Morgan fingerprint density at radius 2 is 0.796 bits per heavy atom. The van der Waals surface area contributed by atoms with Gasteiger partial charge in [-0.1, -0.05) is 61.4 Å². The second kappa shape index (κ2) is 17.6. The van der Waals surface area contributed by atoms with E-state index in [4.69, 9.17) is 37.9 Å². The van der Waals surface area contributed by atoms with Crippen molar-refractivity contribution in [2.24, 2.45) is 0 Å². The molecule has 0 spiro atoms. The van der Waals surface area contributed by atoms with Crippen molar-refractivity contribution in [3.8, 4) is 45.3 Å². The molecule has 286 valence electrons. The van der Waals surface area contributed by atoms with Crippen molar-refractivity contribution in [2.75, 3.05) is 13.2 Å². The Balaban J connectivity index is 0.656. The van der Waals surface area contributed by atoms with E-state index in [1.54, 1.807) is 0 Å². The highest BCUT2D eigenvalue weighted by molar-refractivity contribution is 5.65. The Labute approximate surface area is 320 Å². The van der Waals surface area contributed by atoms with Crippen molar-refractivity contribution in [3.05, 3.63) is 97.1 Å². The molecule has 0 amide bonds. The molecular weight excluding hydrogens is 680 g/mol. The van der Waals surface area contributed by atoms with Crippen LogP contribution in [0.25, 0.3) is 22.3 Å². The molecule has 54 heavy (non-hydrogen) atoms. The van der Waals surface area contributed by atoms with Crippen LogP contribution < -0.4 is 18.9 Å². The van der Waals surface area contributed by atoms with Crippen LogP contribution in [0.3, 0.4) is 0 Å². The summed E-state index contributed by atoms with van der Waals surface area (Å²) in [6, 6.07) is 33.0. The summed E-state index contributed by atoms with van der Waals surface area (Å²) in [6.07, 6.45) is 12.2. The van der Waals surface area contributed by atoms with Crippen LogP contribution in [-0.2, 0) is 18.9 Å². The Morgan fingerprint density at radius 3 is 1.15 bits per heavy atom. The van der Waals surface area contributed by atoms with E-state index in [1.807, 2.05) is 38.1 Å². The molecule has 4 fully saturated rings. The molecule has 2 saturated heterocycles. The third kappa shape index (κ3) is 10.4. The zero-order valence-electron chi connectivity index (χ0n) is 31.6. The minimum atomic E-state index is -0.313. The lowest BCUT2D eigenvalue weighted by Gasteiger charge is -2.21. The minimum Gasteiger partial charge on any atom is -0.490 e. The second-order valence-electron chi connectivity index (χ2n) is 15.2. The molecular formula is C46H54O8. The number of epoxide rings is 2. The van der Waals surface area contributed by atoms with E-state index in [-0.39, 0.29) is 24.8 Å². The van der Waals surface area contributed by atoms with E-state index >= 15 is 0 Å². The van der Waals surface area contributed by atoms with Crippen LogP contribution in [0.5, 0.6) is 23.0 Å². The summed E-state index contributed by atoms with van der Waals surface area (Å²) in [4.78, 5) is 0. The highest BCUT2D eigenvalue weighted by atomic mass is 16.7. The largest absolute Gasteiger partial charge is 0.490 e. The fourth-order valence-electron chi connectivity index (χ4n) is 7.75. The van der Waals surface area contributed by atoms with E-state index < -0.39 is 0 Å². The SMILES string of the molecule is CC(OCCCCCCOC(C)Oc1ccc(-c2ccc(OC3CCC4OC4C3)cc2)cc1)Oc1ccc(-c2ccc(OC3CCC4OC4C3)cc2)cc1. The van der Waals surface area contributed by atoms with Crippen LogP contribution in [0.1, 0.15) is 78.1 Å². The lowest BCUT2D eigenvalue weighted by molar-refractivity contribution is -0.0709. The zero-order valence-corrected chi connectivity index (χ0v) is 31.6. The third-order valence-corrected chi connectivity index (χ3v) is 10.9. The van der Waals surface area contributed by atoms with Crippen LogP contribution in [0, 0.1) is 0 Å². The fraction of sp³-hybridized carbons (Fsp3) is 0.478. The fourth-order valence-corrected chi connectivity index (χ4v) is 7.75. The molecule has 2 saturated carbocycles. The van der Waals surface area contributed by atoms with Gasteiger partial charge < -0.3 is 37.9 Å². The van der Waals surface area contributed by atoms with Crippen LogP contribution in [0.15, 0.2) is 97.1 Å². The maximum Gasteiger partial charge on any atom is 0.196 e. The second-order valence-corrected chi connectivity index (χ2v) is 15.2. The number of ether oxygens (including phenoxy) is 8. The molecule has 4 aromatic carbocycles. The summed E-state index contributed by atoms with van der Waals surface area (Å²) in [5, 5.41) is 0. The summed E-state index contributed by atoms with van der Waals surface area (Å²) in [5.74, 6) is 3.44. The molecule has 0 N–H and O–H groups in total. The summed E-state index contributed by atoms with van der Waals surface area (Å²) in [6.45, 7) is 5.21. The Hall–Kier alpha value is -4.08. The third-order valence-electron chi connectivity index (χ3n) is 10.9. The van der Waals surface area contributed by atoms with Crippen molar-refractivity contribution in [1.29, 1.82) is 0 Å². The molecule has 2 aliphatic carbocycles. The standard InChI is InChI=1S/C46H54O8/c1-31(49-37-15-7-33(8-16-37)35-11-19-39(20-12-35)51-41-23-25-43-45(29-41)53-43)47-27-5-3-4-6-28-48-32(2)50-38-17-9-34(10-18-38)36-13-21-40(22-14-36)52-42-24-26-44-46(30-42)54-44/h7-22,31-32,41-46H,3-6,23-30H2,1-2H3. The van der Waals surface area contributed by atoms with Crippen molar-refractivity contribution in [3.63, 3.8) is 0 Å². The van der Waals surface area contributed by atoms with E-state index in [0.29, 0.717) is 37.6 Å². The lowest BCUT2D eigenvalue weighted by atomic mass is 9.98. The molecule has 8 nitrogen and oxygen atoms in total. The van der Waals surface area contributed by atoms with Gasteiger partial charge in [0.25, 0.3) is 0 Å². The summed E-state index contributed by atoms with van der Waals surface area (Å²) < 4.78 is 47.5. The molecule has 8 rings (SSSR count). The number of benzene rings is 4. The van der Waals surface area contributed by atoms with Crippen molar-refractivity contribution >= 4 is 0 Å². The van der Waals surface area contributed by atoms with Crippen molar-refractivity contribution < 1.29 is 37.9 Å². The van der Waals surface area contributed by atoms with E-state index in [0.717, 1.165) is 109 Å². The van der Waals surface area contributed by atoms with Gasteiger partial charge in [0.15, 0.2) is 12.6 Å². The van der Waals surface area contributed by atoms with Gasteiger partial charge in [-0.05, 0) is 123 Å². The summed E-state index contributed by atoms with van der Waals surface area (Å²) in [7, 11) is 0. The minimum absolute atomic E-state index is 0.260. The molecule has 2 heterocycles. The van der Waals surface area contributed by atoms with Crippen molar-refractivity contribution in [2.45, 2.75) is 127 Å². The molecule has 8 heteroatoms. The zero-order chi connectivity index (χ0) is 36.7. The number of hydrogen-bond donors (Lipinski definition) is 0.